The van der Waals surface area contributed by atoms with Crippen LogP contribution in [0.1, 0.15) is 31.2 Å². The molecule has 6 heteroatoms. The van der Waals surface area contributed by atoms with E-state index in [9.17, 15) is 5.11 Å². The third-order valence-electron chi connectivity index (χ3n) is 3.38. The number of rotatable bonds is 3. The number of hydrogen-bond donors (Lipinski definition) is 2. The molecular weight excluding hydrogens is 308 g/mol. The van der Waals surface area contributed by atoms with Gasteiger partial charge in [-0.1, -0.05) is 32.9 Å². The van der Waals surface area contributed by atoms with Crippen LogP contribution < -0.4 is 5.43 Å². The Morgan fingerprint density at radius 2 is 2.00 bits per heavy atom. The molecule has 0 saturated heterocycles. The Morgan fingerprint density at radius 1 is 1.22 bits per heavy atom. The molecule has 2 N–H and O–H groups in total. The van der Waals surface area contributed by atoms with Gasteiger partial charge in [-0.2, -0.15) is 5.10 Å². The number of hydrazone groups is 1. The van der Waals surface area contributed by atoms with Crippen LogP contribution in [-0.4, -0.2) is 21.3 Å². The fourth-order valence-electron chi connectivity index (χ4n) is 2.07. The van der Waals surface area contributed by atoms with Gasteiger partial charge in [0, 0.05) is 10.4 Å². The maximum absolute atomic E-state index is 9.73. The minimum absolute atomic E-state index is 0.0712. The maximum atomic E-state index is 9.73. The van der Waals surface area contributed by atoms with Gasteiger partial charge in [0.05, 0.1) is 11.6 Å². The number of para-hydroxylation sites is 1. The standard InChI is InChI=1S/C17H18N4OS/c1-17(2,3)14-8-12-15(18-10-19-16(12)23-14)21-20-9-11-6-4-5-7-13(11)22/h4-10,22H,1-3H3,(H,18,19,21). The number of nitrogens with zero attached hydrogens (tertiary/aromatic N) is 3. The largest absolute Gasteiger partial charge is 0.507 e. The molecule has 0 radical (unpaired) electrons. The lowest BCUT2D eigenvalue weighted by atomic mass is 9.94. The van der Waals surface area contributed by atoms with Crippen LogP contribution in [0.15, 0.2) is 41.8 Å². The van der Waals surface area contributed by atoms with E-state index in [2.05, 4.69) is 47.3 Å². The Morgan fingerprint density at radius 3 is 2.74 bits per heavy atom. The number of nitrogens with one attached hydrogen (secondary N) is 1. The molecule has 23 heavy (non-hydrogen) atoms. The Bertz CT molecular complexity index is 864. The van der Waals surface area contributed by atoms with Crippen molar-refractivity contribution in [3.8, 4) is 5.75 Å². The van der Waals surface area contributed by atoms with Gasteiger partial charge in [0.15, 0.2) is 5.82 Å². The highest BCUT2D eigenvalue weighted by Gasteiger charge is 2.18. The molecule has 0 bridgehead atoms. The average molecular weight is 326 g/mol. The smallest absolute Gasteiger partial charge is 0.158 e. The van der Waals surface area contributed by atoms with Gasteiger partial charge in [-0.25, -0.2) is 9.97 Å². The second kappa shape index (κ2) is 5.96. The van der Waals surface area contributed by atoms with Crippen LogP contribution in [0, 0.1) is 0 Å². The quantitative estimate of drug-likeness (QED) is 0.560. The van der Waals surface area contributed by atoms with Crippen molar-refractivity contribution in [3.05, 3.63) is 47.1 Å². The molecule has 0 fully saturated rings. The Labute approximate surface area is 138 Å². The van der Waals surface area contributed by atoms with Gasteiger partial charge in [0.2, 0.25) is 0 Å². The normalized spacial score (nSPS) is 12.1. The number of thiophene rings is 1. The first-order chi connectivity index (χ1) is 10.9. The molecule has 0 aliphatic rings. The van der Waals surface area contributed by atoms with E-state index < -0.39 is 0 Å². The summed E-state index contributed by atoms with van der Waals surface area (Å²) in [6.45, 7) is 6.53. The summed E-state index contributed by atoms with van der Waals surface area (Å²) in [6.07, 6.45) is 3.10. The highest BCUT2D eigenvalue weighted by Crippen LogP contribution is 2.35. The molecule has 118 valence electrons. The summed E-state index contributed by atoms with van der Waals surface area (Å²) in [5, 5.41) is 14.9. The number of fused-ring (bicyclic) bond motifs is 1. The topological polar surface area (TPSA) is 70.4 Å². The number of hydrogen-bond acceptors (Lipinski definition) is 6. The molecule has 1 aromatic carbocycles. The maximum Gasteiger partial charge on any atom is 0.158 e. The fraction of sp³-hybridized carbons (Fsp3) is 0.235. The summed E-state index contributed by atoms with van der Waals surface area (Å²) in [7, 11) is 0. The molecule has 2 heterocycles. The van der Waals surface area contributed by atoms with E-state index in [4.69, 9.17) is 0 Å². The predicted molar refractivity (Wildman–Crippen MR) is 95.4 cm³/mol. The van der Waals surface area contributed by atoms with E-state index in [0.29, 0.717) is 11.4 Å². The zero-order valence-electron chi connectivity index (χ0n) is 13.2. The summed E-state index contributed by atoms with van der Waals surface area (Å²) < 4.78 is 0. The Hall–Kier alpha value is -2.47. The van der Waals surface area contributed by atoms with Gasteiger partial charge in [0.1, 0.15) is 16.9 Å². The average Bonchev–Trinajstić information content (AvgIpc) is 2.94. The second-order valence-electron chi connectivity index (χ2n) is 6.23. The molecule has 0 spiro atoms. The summed E-state index contributed by atoms with van der Waals surface area (Å²) in [6, 6.07) is 9.14. The number of phenols is 1. The predicted octanol–water partition coefficient (Wildman–Crippen LogP) is 4.14. The van der Waals surface area contributed by atoms with E-state index in [1.165, 1.54) is 11.2 Å². The molecule has 5 nitrogen and oxygen atoms in total. The van der Waals surface area contributed by atoms with Crippen molar-refractivity contribution in [2.24, 2.45) is 5.10 Å². The SMILES string of the molecule is CC(C)(C)c1cc2c(NN=Cc3ccccc3O)ncnc2s1. The van der Waals surface area contributed by atoms with Crippen molar-refractivity contribution in [2.75, 3.05) is 5.43 Å². The Balaban J connectivity index is 1.89. The van der Waals surface area contributed by atoms with E-state index in [1.54, 1.807) is 35.8 Å². The van der Waals surface area contributed by atoms with Crippen LogP contribution in [-0.2, 0) is 5.41 Å². The number of aromatic nitrogens is 2. The molecule has 0 aliphatic heterocycles. The van der Waals surface area contributed by atoms with Crippen LogP contribution >= 0.6 is 11.3 Å². The third kappa shape index (κ3) is 3.32. The highest BCUT2D eigenvalue weighted by molar-refractivity contribution is 7.18. The number of benzene rings is 1. The van der Waals surface area contributed by atoms with Gasteiger partial charge in [-0.05, 0) is 23.6 Å². The third-order valence-corrected chi connectivity index (χ3v) is 4.85. The van der Waals surface area contributed by atoms with Gasteiger partial charge >= 0.3 is 0 Å². The second-order valence-corrected chi connectivity index (χ2v) is 7.26. The number of aromatic hydroxyl groups is 1. The Kier molecular flexibility index (Phi) is 4.00. The molecule has 0 amide bonds. The first-order valence-corrected chi connectivity index (χ1v) is 8.09. The van der Waals surface area contributed by atoms with Crippen molar-refractivity contribution in [2.45, 2.75) is 26.2 Å². The van der Waals surface area contributed by atoms with Gasteiger partial charge < -0.3 is 5.11 Å². The van der Waals surface area contributed by atoms with Crippen LogP contribution in [0.4, 0.5) is 5.82 Å². The van der Waals surface area contributed by atoms with E-state index in [-0.39, 0.29) is 11.2 Å². The van der Waals surface area contributed by atoms with E-state index in [0.717, 1.165) is 10.2 Å². The van der Waals surface area contributed by atoms with Gasteiger partial charge in [-0.15, -0.1) is 11.3 Å². The molecule has 0 saturated carbocycles. The van der Waals surface area contributed by atoms with Crippen molar-refractivity contribution in [1.29, 1.82) is 0 Å². The summed E-state index contributed by atoms with van der Waals surface area (Å²) in [5.41, 5.74) is 3.66. The van der Waals surface area contributed by atoms with Crippen LogP contribution in [0.25, 0.3) is 10.2 Å². The van der Waals surface area contributed by atoms with Gasteiger partial charge in [0.25, 0.3) is 0 Å². The van der Waals surface area contributed by atoms with Crippen LogP contribution in [0.5, 0.6) is 5.75 Å². The zero-order chi connectivity index (χ0) is 16.4. The van der Waals surface area contributed by atoms with Gasteiger partial charge in [-0.3, -0.25) is 5.43 Å². The number of phenolic OH excluding ortho intramolecular Hbond substituents is 1. The van der Waals surface area contributed by atoms with Crippen LogP contribution in [0.2, 0.25) is 0 Å². The molecule has 0 unspecified atom stereocenters. The summed E-state index contributed by atoms with van der Waals surface area (Å²) >= 11 is 1.67. The van der Waals surface area contributed by atoms with Crippen molar-refractivity contribution < 1.29 is 5.11 Å². The van der Waals surface area contributed by atoms with Crippen LogP contribution in [0.3, 0.4) is 0 Å². The van der Waals surface area contributed by atoms with Crippen molar-refractivity contribution >= 4 is 33.6 Å². The minimum atomic E-state index is 0.0712. The van der Waals surface area contributed by atoms with E-state index >= 15 is 0 Å². The van der Waals surface area contributed by atoms with Crippen molar-refractivity contribution in [1.82, 2.24) is 9.97 Å². The lowest BCUT2D eigenvalue weighted by Crippen LogP contribution is -2.07. The first-order valence-electron chi connectivity index (χ1n) is 7.27. The zero-order valence-corrected chi connectivity index (χ0v) is 14.1. The number of anilines is 1. The lowest BCUT2D eigenvalue weighted by Gasteiger charge is -2.14. The molecule has 0 atom stereocenters. The lowest BCUT2D eigenvalue weighted by molar-refractivity contribution is 0.474. The summed E-state index contributed by atoms with van der Waals surface area (Å²) in [5.74, 6) is 0.852. The van der Waals surface area contributed by atoms with Crippen molar-refractivity contribution in [3.63, 3.8) is 0 Å². The fourth-order valence-corrected chi connectivity index (χ4v) is 3.13. The molecule has 3 aromatic rings. The summed E-state index contributed by atoms with van der Waals surface area (Å²) in [4.78, 5) is 10.8. The first kappa shape index (κ1) is 15.4. The molecular formula is C17H18N4OS. The molecule has 0 aliphatic carbocycles. The molecule has 3 rings (SSSR count). The minimum Gasteiger partial charge on any atom is -0.507 e. The highest BCUT2D eigenvalue weighted by atomic mass is 32.1. The molecule has 2 aromatic heterocycles. The van der Waals surface area contributed by atoms with E-state index in [1.807, 2.05) is 6.07 Å². The monoisotopic (exact) mass is 326 g/mol.